The van der Waals surface area contributed by atoms with Crippen LogP contribution in [0.5, 0.6) is 0 Å². The van der Waals surface area contributed by atoms with E-state index < -0.39 is 11.4 Å². The molecule has 0 aliphatic heterocycles. The van der Waals surface area contributed by atoms with Gasteiger partial charge in [-0.15, -0.1) is 4.72 Å². The molecule has 1 fully saturated rings. The molecule has 90 valence electrons. The van der Waals surface area contributed by atoms with Crippen LogP contribution in [0.2, 0.25) is 0 Å². The highest BCUT2D eigenvalue weighted by Gasteiger charge is 2.27. The lowest BCUT2D eigenvalue weighted by atomic mass is 9.75. The van der Waals surface area contributed by atoms with Crippen molar-refractivity contribution in [1.82, 2.24) is 4.72 Å². The predicted molar refractivity (Wildman–Crippen MR) is 67.0 cm³/mol. The fourth-order valence-electron chi connectivity index (χ4n) is 1.84. The van der Waals surface area contributed by atoms with Gasteiger partial charge in [-0.3, -0.25) is 0 Å². The third-order valence-corrected chi connectivity index (χ3v) is 4.92. The third kappa shape index (κ3) is 4.33. The summed E-state index contributed by atoms with van der Waals surface area (Å²) in [7, 11) is 0. The van der Waals surface area contributed by atoms with Gasteiger partial charge in [0, 0.05) is 17.9 Å². The summed E-state index contributed by atoms with van der Waals surface area (Å²) in [6, 6.07) is 0. The molecule has 1 N–H and O–H groups in total. The van der Waals surface area contributed by atoms with Gasteiger partial charge in [0.1, 0.15) is 4.75 Å². The molecule has 0 radical (unpaired) electrons. The van der Waals surface area contributed by atoms with Gasteiger partial charge in [-0.2, -0.15) is 0 Å². The van der Waals surface area contributed by atoms with E-state index in [-0.39, 0.29) is 4.75 Å². The Balaban J connectivity index is 2.10. The molecule has 1 saturated carbocycles. The van der Waals surface area contributed by atoms with Crippen LogP contribution in [0.15, 0.2) is 0 Å². The molecule has 0 spiro atoms. The van der Waals surface area contributed by atoms with E-state index in [4.69, 9.17) is 0 Å². The van der Waals surface area contributed by atoms with Gasteiger partial charge < -0.3 is 4.55 Å². The lowest BCUT2D eigenvalue weighted by Crippen LogP contribution is -2.40. The number of nitrogens with one attached hydrogen (secondary N) is 1. The van der Waals surface area contributed by atoms with Gasteiger partial charge in [0.15, 0.2) is 0 Å². The smallest absolute Gasteiger partial charge is 0.136 e. The van der Waals surface area contributed by atoms with Crippen molar-refractivity contribution in [1.29, 1.82) is 0 Å². The van der Waals surface area contributed by atoms with Crippen molar-refractivity contribution >= 4 is 11.4 Å². The topological polar surface area (TPSA) is 35.1 Å². The Morgan fingerprint density at radius 1 is 1.40 bits per heavy atom. The van der Waals surface area contributed by atoms with E-state index in [1.165, 1.54) is 19.3 Å². The zero-order valence-electron chi connectivity index (χ0n) is 10.5. The number of hydrogen-bond acceptors (Lipinski definition) is 2. The van der Waals surface area contributed by atoms with Crippen LogP contribution < -0.4 is 4.72 Å². The molecular formula is C12H25NOS. The second-order valence-electron chi connectivity index (χ2n) is 5.73. The summed E-state index contributed by atoms with van der Waals surface area (Å²) in [5.41, 5.74) is 0. The molecule has 0 bridgehead atoms. The van der Waals surface area contributed by atoms with E-state index in [0.29, 0.717) is 0 Å². The minimum atomic E-state index is -0.901. The lowest BCUT2D eigenvalue weighted by molar-refractivity contribution is 0.211. The summed E-state index contributed by atoms with van der Waals surface area (Å²) < 4.78 is 14.7. The quantitative estimate of drug-likeness (QED) is 0.738. The van der Waals surface area contributed by atoms with Crippen LogP contribution >= 0.6 is 0 Å². The van der Waals surface area contributed by atoms with E-state index in [2.05, 4.69) is 11.6 Å². The predicted octanol–water partition coefficient (Wildman–Crippen LogP) is 2.86. The summed E-state index contributed by atoms with van der Waals surface area (Å²) in [5.74, 6) is 1.73. The van der Waals surface area contributed by atoms with Crippen LogP contribution in [-0.2, 0) is 11.4 Å². The Morgan fingerprint density at radius 2 is 2.00 bits per heavy atom. The van der Waals surface area contributed by atoms with Crippen molar-refractivity contribution in [2.24, 2.45) is 11.8 Å². The van der Waals surface area contributed by atoms with E-state index in [1.807, 2.05) is 20.8 Å². The van der Waals surface area contributed by atoms with Gasteiger partial charge in [-0.25, -0.2) is 0 Å². The minimum absolute atomic E-state index is 0.139. The van der Waals surface area contributed by atoms with Crippen molar-refractivity contribution in [2.75, 3.05) is 6.54 Å². The average molecular weight is 231 g/mol. The van der Waals surface area contributed by atoms with Gasteiger partial charge in [0.2, 0.25) is 0 Å². The molecule has 2 nitrogen and oxygen atoms in total. The zero-order chi connectivity index (χ0) is 11.5. The molecule has 15 heavy (non-hydrogen) atoms. The van der Waals surface area contributed by atoms with Crippen molar-refractivity contribution in [3.05, 3.63) is 0 Å². The fraction of sp³-hybridized carbons (Fsp3) is 1.00. The molecule has 0 aromatic heterocycles. The molecule has 1 rings (SSSR count). The van der Waals surface area contributed by atoms with E-state index in [0.717, 1.165) is 24.8 Å². The molecule has 0 unspecified atom stereocenters. The second-order valence-corrected chi connectivity index (χ2v) is 7.78. The summed E-state index contributed by atoms with van der Waals surface area (Å²) in [4.78, 5) is 0. The van der Waals surface area contributed by atoms with Crippen LogP contribution in [0, 0.1) is 11.8 Å². The second kappa shape index (κ2) is 5.55. The van der Waals surface area contributed by atoms with Crippen LogP contribution in [0.4, 0.5) is 0 Å². The molecule has 0 amide bonds. The Labute approximate surface area is 97.5 Å². The third-order valence-electron chi connectivity index (χ3n) is 3.34. The standard InChI is InChI=1S/C12H25NOS/c1-10(11-6-5-7-11)8-9-13-15(14)12(2,3)4/h10-11,13H,5-9H2,1-4H3/t10-,15+/m0/s1. The SMILES string of the molecule is C[C@@H](CCN[S@+]([O-])C(C)(C)C)C1CCC1. The summed E-state index contributed by atoms with van der Waals surface area (Å²) in [6.45, 7) is 9.23. The highest BCUT2D eigenvalue weighted by atomic mass is 32.2. The molecule has 1 aliphatic carbocycles. The van der Waals surface area contributed by atoms with Gasteiger partial charge in [0.25, 0.3) is 0 Å². The molecule has 0 aromatic carbocycles. The van der Waals surface area contributed by atoms with Crippen LogP contribution in [0.25, 0.3) is 0 Å². The molecule has 3 heteroatoms. The minimum Gasteiger partial charge on any atom is -0.598 e. The van der Waals surface area contributed by atoms with Gasteiger partial charge >= 0.3 is 0 Å². The first-order chi connectivity index (χ1) is 6.91. The maximum atomic E-state index is 11.7. The number of hydrogen-bond donors (Lipinski definition) is 1. The summed E-state index contributed by atoms with van der Waals surface area (Å²) in [6.07, 6.45) is 5.38. The Bertz CT molecular complexity index is 187. The summed E-state index contributed by atoms with van der Waals surface area (Å²) in [5, 5.41) is 0. The Morgan fingerprint density at radius 3 is 2.40 bits per heavy atom. The van der Waals surface area contributed by atoms with Crippen LogP contribution in [0.1, 0.15) is 53.4 Å². The first-order valence-corrected chi connectivity index (χ1v) is 7.21. The Kier molecular flexibility index (Phi) is 4.94. The average Bonchev–Trinajstić information content (AvgIpc) is 1.98. The van der Waals surface area contributed by atoms with Gasteiger partial charge in [0.05, 0.1) is 0 Å². The van der Waals surface area contributed by atoms with Crippen LogP contribution in [-0.4, -0.2) is 15.8 Å². The van der Waals surface area contributed by atoms with Crippen molar-refractivity contribution in [3.63, 3.8) is 0 Å². The largest absolute Gasteiger partial charge is 0.598 e. The lowest BCUT2D eigenvalue weighted by Gasteiger charge is -2.32. The van der Waals surface area contributed by atoms with E-state index in [1.54, 1.807) is 0 Å². The first kappa shape index (κ1) is 13.3. The molecular weight excluding hydrogens is 206 g/mol. The summed E-state index contributed by atoms with van der Waals surface area (Å²) >= 11 is -0.901. The molecule has 2 atom stereocenters. The van der Waals surface area contributed by atoms with Crippen LogP contribution in [0.3, 0.4) is 0 Å². The highest BCUT2D eigenvalue weighted by molar-refractivity contribution is 7.90. The van der Waals surface area contributed by atoms with Gasteiger partial charge in [-0.05, 0) is 39.0 Å². The Hall–Kier alpha value is 0.270. The molecule has 0 saturated heterocycles. The molecule has 0 aromatic rings. The molecule has 1 aliphatic rings. The maximum absolute atomic E-state index is 11.7. The van der Waals surface area contributed by atoms with E-state index in [9.17, 15) is 4.55 Å². The molecule has 0 heterocycles. The first-order valence-electron chi connectivity index (χ1n) is 6.06. The normalized spacial score (nSPS) is 22.2. The fourth-order valence-corrected chi connectivity index (χ4v) is 2.58. The van der Waals surface area contributed by atoms with Crippen molar-refractivity contribution < 1.29 is 4.55 Å². The van der Waals surface area contributed by atoms with Gasteiger partial charge in [-0.1, -0.05) is 26.2 Å². The van der Waals surface area contributed by atoms with Crippen molar-refractivity contribution in [2.45, 2.75) is 58.1 Å². The van der Waals surface area contributed by atoms with E-state index >= 15 is 0 Å². The maximum Gasteiger partial charge on any atom is 0.136 e. The monoisotopic (exact) mass is 231 g/mol. The zero-order valence-corrected chi connectivity index (χ0v) is 11.3. The number of rotatable bonds is 5. The highest BCUT2D eigenvalue weighted by Crippen LogP contribution is 2.34. The van der Waals surface area contributed by atoms with Crippen molar-refractivity contribution in [3.8, 4) is 0 Å².